The number of hydrogen-bond donors (Lipinski definition) is 2. The molecule has 0 radical (unpaired) electrons. The molecule has 1 saturated carbocycles. The molecule has 1 heterocycles. The van der Waals surface area contributed by atoms with Gasteiger partial charge in [-0.3, -0.25) is 4.79 Å². The van der Waals surface area contributed by atoms with Crippen molar-refractivity contribution in [2.45, 2.75) is 58.1 Å². The minimum atomic E-state index is 0. The Labute approximate surface area is 197 Å². The first-order valence-corrected chi connectivity index (χ1v) is 10.8. The van der Waals surface area contributed by atoms with Crippen LogP contribution in [0.2, 0.25) is 0 Å². The van der Waals surface area contributed by atoms with Crippen molar-refractivity contribution in [3.05, 3.63) is 23.8 Å². The number of benzene rings is 1. The first-order chi connectivity index (χ1) is 14.2. The molecule has 1 aliphatic heterocycles. The van der Waals surface area contributed by atoms with Crippen molar-refractivity contribution < 1.29 is 14.3 Å². The van der Waals surface area contributed by atoms with Gasteiger partial charge in [0, 0.05) is 19.6 Å². The van der Waals surface area contributed by atoms with Gasteiger partial charge in [0.1, 0.15) is 0 Å². The Bertz CT molecular complexity index is 702. The lowest BCUT2D eigenvalue weighted by Gasteiger charge is -2.17. The highest BCUT2D eigenvalue weighted by molar-refractivity contribution is 14.0. The summed E-state index contributed by atoms with van der Waals surface area (Å²) >= 11 is 0. The molecule has 2 N–H and O–H groups in total. The van der Waals surface area contributed by atoms with Gasteiger partial charge in [-0.15, -0.1) is 24.0 Å². The normalized spacial score (nSPS) is 16.9. The molecule has 0 bridgehead atoms. The molecule has 0 aromatic heterocycles. The van der Waals surface area contributed by atoms with Crippen molar-refractivity contribution in [1.82, 2.24) is 15.5 Å². The van der Waals surface area contributed by atoms with E-state index < -0.39 is 0 Å². The van der Waals surface area contributed by atoms with E-state index in [0.29, 0.717) is 18.6 Å². The SMILES string of the molecule is CCNC(=NCc1ccc(OC2CCCC2)c(OC)c1)NCC(=O)N1CCCC1.I. The minimum Gasteiger partial charge on any atom is -0.493 e. The van der Waals surface area contributed by atoms with Crippen molar-refractivity contribution in [3.63, 3.8) is 0 Å². The fourth-order valence-corrected chi connectivity index (χ4v) is 3.84. The van der Waals surface area contributed by atoms with Gasteiger partial charge >= 0.3 is 0 Å². The van der Waals surface area contributed by atoms with Crippen molar-refractivity contribution in [2.75, 3.05) is 33.3 Å². The quantitative estimate of drug-likeness (QED) is 0.307. The number of carbonyl (C=O) groups is 1. The zero-order chi connectivity index (χ0) is 20.5. The van der Waals surface area contributed by atoms with Gasteiger partial charge in [-0.2, -0.15) is 0 Å². The number of methoxy groups -OCH3 is 1. The number of rotatable bonds is 8. The molecule has 0 spiro atoms. The summed E-state index contributed by atoms with van der Waals surface area (Å²) in [4.78, 5) is 18.8. The molecule has 3 rings (SSSR count). The maximum Gasteiger partial charge on any atom is 0.241 e. The van der Waals surface area contributed by atoms with E-state index in [4.69, 9.17) is 9.47 Å². The lowest BCUT2D eigenvalue weighted by Crippen LogP contribution is -2.44. The first kappa shape index (κ1) is 24.6. The second-order valence-corrected chi connectivity index (χ2v) is 7.65. The highest BCUT2D eigenvalue weighted by Gasteiger charge is 2.19. The number of carbonyl (C=O) groups excluding carboxylic acids is 1. The Balaban J connectivity index is 0.00000320. The third-order valence-electron chi connectivity index (χ3n) is 5.45. The maximum absolute atomic E-state index is 12.2. The Morgan fingerprint density at radius 3 is 2.53 bits per heavy atom. The second-order valence-electron chi connectivity index (χ2n) is 7.65. The Hall–Kier alpha value is -1.71. The highest BCUT2D eigenvalue weighted by Crippen LogP contribution is 2.32. The number of aliphatic imine (C=N–C) groups is 1. The molecule has 168 valence electrons. The molecule has 1 saturated heterocycles. The third kappa shape index (κ3) is 7.21. The van der Waals surface area contributed by atoms with Crippen LogP contribution in [0.25, 0.3) is 0 Å². The van der Waals surface area contributed by atoms with Crippen molar-refractivity contribution >= 4 is 35.8 Å². The van der Waals surface area contributed by atoms with Gasteiger partial charge in [-0.25, -0.2) is 4.99 Å². The van der Waals surface area contributed by atoms with Gasteiger partial charge in [0.25, 0.3) is 0 Å². The molecule has 0 unspecified atom stereocenters. The van der Waals surface area contributed by atoms with E-state index in [1.54, 1.807) is 7.11 Å². The van der Waals surface area contributed by atoms with Crippen LogP contribution >= 0.6 is 24.0 Å². The Kier molecular flexibility index (Phi) is 10.5. The van der Waals surface area contributed by atoms with Crippen LogP contribution in [0.3, 0.4) is 0 Å². The number of likely N-dealkylation sites (tertiary alicyclic amines) is 1. The monoisotopic (exact) mass is 530 g/mol. The Morgan fingerprint density at radius 1 is 1.13 bits per heavy atom. The zero-order valence-corrected chi connectivity index (χ0v) is 20.4. The largest absolute Gasteiger partial charge is 0.493 e. The number of amides is 1. The minimum absolute atomic E-state index is 0. The molecule has 0 atom stereocenters. The molecule has 2 fully saturated rings. The van der Waals surface area contributed by atoms with Crippen LogP contribution in [0.5, 0.6) is 11.5 Å². The molecule has 2 aliphatic rings. The van der Waals surface area contributed by atoms with Crippen LogP contribution in [0.1, 0.15) is 51.0 Å². The maximum atomic E-state index is 12.2. The van der Waals surface area contributed by atoms with E-state index in [9.17, 15) is 4.79 Å². The van der Waals surface area contributed by atoms with Crippen LogP contribution in [-0.4, -0.2) is 56.2 Å². The van der Waals surface area contributed by atoms with Gasteiger partial charge in [-0.1, -0.05) is 6.07 Å². The van der Waals surface area contributed by atoms with E-state index in [1.165, 1.54) is 12.8 Å². The summed E-state index contributed by atoms with van der Waals surface area (Å²) in [6, 6.07) is 5.97. The van der Waals surface area contributed by atoms with Gasteiger partial charge in [0.05, 0.1) is 26.3 Å². The topological polar surface area (TPSA) is 75.2 Å². The molecule has 1 amide bonds. The number of halogens is 1. The third-order valence-corrected chi connectivity index (χ3v) is 5.45. The molecule has 1 aliphatic carbocycles. The van der Waals surface area contributed by atoms with E-state index in [2.05, 4.69) is 15.6 Å². The zero-order valence-electron chi connectivity index (χ0n) is 18.1. The smallest absolute Gasteiger partial charge is 0.241 e. The average Bonchev–Trinajstić information content (AvgIpc) is 3.45. The summed E-state index contributed by atoms with van der Waals surface area (Å²) in [6.45, 7) is 5.24. The first-order valence-electron chi connectivity index (χ1n) is 10.8. The number of guanidine groups is 1. The fraction of sp³-hybridized carbons (Fsp3) is 0.636. The molecule has 1 aromatic rings. The highest BCUT2D eigenvalue weighted by atomic mass is 127. The van der Waals surface area contributed by atoms with E-state index in [0.717, 1.165) is 62.4 Å². The summed E-state index contributed by atoms with van der Waals surface area (Å²) in [6.07, 6.45) is 7.20. The fourth-order valence-electron chi connectivity index (χ4n) is 3.84. The number of nitrogens with zero attached hydrogens (tertiary/aromatic N) is 2. The van der Waals surface area contributed by atoms with Gasteiger partial charge in [-0.05, 0) is 63.1 Å². The van der Waals surface area contributed by atoms with Gasteiger partial charge in [0.2, 0.25) is 5.91 Å². The summed E-state index contributed by atoms with van der Waals surface area (Å²) in [7, 11) is 1.67. The van der Waals surface area contributed by atoms with Gasteiger partial charge in [0.15, 0.2) is 17.5 Å². The summed E-state index contributed by atoms with van der Waals surface area (Å²) in [5.74, 6) is 2.31. The predicted molar refractivity (Wildman–Crippen MR) is 130 cm³/mol. The molecule has 1 aromatic carbocycles. The number of hydrogen-bond acceptors (Lipinski definition) is 4. The van der Waals surface area contributed by atoms with Crippen LogP contribution in [-0.2, 0) is 11.3 Å². The van der Waals surface area contributed by atoms with Crippen LogP contribution in [0.15, 0.2) is 23.2 Å². The molecule has 8 heteroatoms. The molecule has 30 heavy (non-hydrogen) atoms. The predicted octanol–water partition coefficient (Wildman–Crippen LogP) is 3.31. The molecule has 7 nitrogen and oxygen atoms in total. The Morgan fingerprint density at radius 2 is 1.87 bits per heavy atom. The van der Waals surface area contributed by atoms with E-state index in [-0.39, 0.29) is 36.4 Å². The lowest BCUT2D eigenvalue weighted by molar-refractivity contribution is -0.128. The summed E-state index contributed by atoms with van der Waals surface area (Å²) in [5, 5.41) is 6.35. The summed E-state index contributed by atoms with van der Waals surface area (Å²) < 4.78 is 11.6. The second kappa shape index (κ2) is 12.9. The average molecular weight is 530 g/mol. The van der Waals surface area contributed by atoms with Crippen LogP contribution in [0.4, 0.5) is 0 Å². The van der Waals surface area contributed by atoms with Crippen LogP contribution < -0.4 is 20.1 Å². The van der Waals surface area contributed by atoms with Crippen LogP contribution in [0, 0.1) is 0 Å². The standard InChI is InChI=1S/C22H34N4O3.HI/c1-3-23-22(25-16-21(27)26-12-6-7-13-26)24-15-17-10-11-19(20(14-17)28-2)29-18-8-4-5-9-18;/h10-11,14,18H,3-9,12-13,15-16H2,1-2H3,(H2,23,24,25);1H. The van der Waals surface area contributed by atoms with Crippen molar-refractivity contribution in [2.24, 2.45) is 4.99 Å². The van der Waals surface area contributed by atoms with Gasteiger partial charge < -0.3 is 25.0 Å². The summed E-state index contributed by atoms with van der Waals surface area (Å²) in [5.41, 5.74) is 1.03. The number of ether oxygens (including phenoxy) is 2. The van der Waals surface area contributed by atoms with Crippen molar-refractivity contribution in [1.29, 1.82) is 0 Å². The number of nitrogens with one attached hydrogen (secondary N) is 2. The molecular weight excluding hydrogens is 495 g/mol. The van der Waals surface area contributed by atoms with E-state index >= 15 is 0 Å². The lowest BCUT2D eigenvalue weighted by atomic mass is 10.2. The van der Waals surface area contributed by atoms with E-state index in [1.807, 2.05) is 30.0 Å². The molecular formula is C22H35IN4O3. The van der Waals surface area contributed by atoms with Crippen molar-refractivity contribution in [3.8, 4) is 11.5 Å².